The maximum absolute atomic E-state index is 13.0. The van der Waals surface area contributed by atoms with Crippen LogP contribution in [0.15, 0.2) is 0 Å². The Morgan fingerprint density at radius 3 is 2.55 bits per heavy atom. The average molecular weight is 164 g/mol. The highest BCUT2D eigenvalue weighted by atomic mass is 19.1. The highest BCUT2D eigenvalue weighted by molar-refractivity contribution is 4.85. The molecule has 4 heteroatoms. The van der Waals surface area contributed by atoms with E-state index in [1.54, 1.807) is 0 Å². The van der Waals surface area contributed by atoms with Gasteiger partial charge in [0.15, 0.2) is 12.5 Å². The van der Waals surface area contributed by atoms with E-state index in [1.165, 1.54) is 7.11 Å². The maximum Gasteiger partial charge on any atom is 0.186 e. The first-order valence-electron chi connectivity index (χ1n) is 3.71. The van der Waals surface area contributed by atoms with Crippen LogP contribution in [-0.4, -0.2) is 36.9 Å². The second kappa shape index (κ2) is 3.47. The van der Waals surface area contributed by atoms with Gasteiger partial charge in [0.2, 0.25) is 0 Å². The van der Waals surface area contributed by atoms with E-state index in [0.717, 1.165) is 0 Å². The van der Waals surface area contributed by atoms with E-state index in [0.29, 0.717) is 6.42 Å². The third-order valence-corrected chi connectivity index (χ3v) is 1.90. The van der Waals surface area contributed by atoms with Crippen molar-refractivity contribution in [3.63, 3.8) is 0 Å². The lowest BCUT2D eigenvalue weighted by Crippen LogP contribution is -2.29. The van der Waals surface area contributed by atoms with Crippen molar-refractivity contribution in [2.24, 2.45) is 0 Å². The molecule has 11 heavy (non-hydrogen) atoms. The summed E-state index contributed by atoms with van der Waals surface area (Å²) in [6.07, 6.45) is -3.21. The second-order valence-electron chi connectivity index (χ2n) is 2.62. The molecule has 0 aromatic heterocycles. The highest BCUT2D eigenvalue weighted by Gasteiger charge is 2.43. The summed E-state index contributed by atoms with van der Waals surface area (Å²) in [5.41, 5.74) is 0. The van der Waals surface area contributed by atoms with Gasteiger partial charge in [-0.2, -0.15) is 0 Å². The summed E-state index contributed by atoms with van der Waals surface area (Å²) in [4.78, 5) is 0. The number of aliphatic hydroxyl groups excluding tert-OH is 1. The van der Waals surface area contributed by atoms with Crippen molar-refractivity contribution >= 4 is 0 Å². The van der Waals surface area contributed by atoms with Crippen LogP contribution in [0.1, 0.15) is 13.3 Å². The zero-order valence-corrected chi connectivity index (χ0v) is 6.66. The third kappa shape index (κ3) is 1.52. The first-order valence-corrected chi connectivity index (χ1v) is 3.71. The fraction of sp³-hybridized carbons (Fsp3) is 1.00. The summed E-state index contributed by atoms with van der Waals surface area (Å²) < 4.78 is 22.7. The highest BCUT2D eigenvalue weighted by Crippen LogP contribution is 2.25. The predicted octanol–water partition coefficient (Wildman–Crippen LogP) is 0.467. The second-order valence-corrected chi connectivity index (χ2v) is 2.62. The molecule has 1 rings (SSSR count). The van der Waals surface area contributed by atoms with Crippen LogP contribution >= 0.6 is 0 Å². The summed E-state index contributed by atoms with van der Waals surface area (Å²) in [5, 5.41) is 9.13. The van der Waals surface area contributed by atoms with Gasteiger partial charge in [0.1, 0.15) is 6.10 Å². The Bertz CT molecular complexity index is 113. The summed E-state index contributed by atoms with van der Waals surface area (Å²) >= 11 is 0. The van der Waals surface area contributed by atoms with Gasteiger partial charge in [-0.15, -0.1) is 0 Å². The van der Waals surface area contributed by atoms with Gasteiger partial charge in [-0.25, -0.2) is 4.39 Å². The number of hydrogen-bond donors (Lipinski definition) is 1. The molecule has 3 nitrogen and oxygen atoms in total. The number of halogens is 1. The van der Waals surface area contributed by atoms with Crippen LogP contribution in [0.4, 0.5) is 4.39 Å². The standard InChI is InChI=1S/C7H13FO3/c1-3-4-5(8)6(9)7(10-2)11-4/h4-7,9H,3H2,1-2H3/t4-,5-,6-,7+/m1/s1. The van der Waals surface area contributed by atoms with Gasteiger partial charge in [-0.3, -0.25) is 0 Å². The van der Waals surface area contributed by atoms with Crippen molar-refractivity contribution in [3.05, 3.63) is 0 Å². The summed E-state index contributed by atoms with van der Waals surface area (Å²) in [5.74, 6) is 0. The van der Waals surface area contributed by atoms with Crippen LogP contribution in [0.2, 0.25) is 0 Å². The predicted molar refractivity (Wildman–Crippen MR) is 36.9 cm³/mol. The Kier molecular flexibility index (Phi) is 2.81. The molecular weight excluding hydrogens is 151 g/mol. The summed E-state index contributed by atoms with van der Waals surface area (Å²) in [7, 11) is 1.39. The Labute approximate surface area is 65.1 Å². The fourth-order valence-corrected chi connectivity index (χ4v) is 1.21. The van der Waals surface area contributed by atoms with E-state index in [2.05, 4.69) is 0 Å². The fourth-order valence-electron chi connectivity index (χ4n) is 1.21. The SMILES string of the molecule is CC[C@H]1O[C@H](OC)[C@H](O)[C@@H]1F. The van der Waals surface area contributed by atoms with Gasteiger partial charge < -0.3 is 14.6 Å². The van der Waals surface area contributed by atoms with E-state index in [9.17, 15) is 4.39 Å². The Balaban J connectivity index is 2.53. The van der Waals surface area contributed by atoms with E-state index in [-0.39, 0.29) is 0 Å². The van der Waals surface area contributed by atoms with E-state index < -0.39 is 24.7 Å². The molecule has 0 aromatic carbocycles. The van der Waals surface area contributed by atoms with E-state index in [1.807, 2.05) is 6.92 Å². The molecule has 0 saturated carbocycles. The summed E-state index contributed by atoms with van der Waals surface area (Å²) in [6, 6.07) is 0. The zero-order chi connectivity index (χ0) is 8.43. The number of aliphatic hydroxyl groups is 1. The molecule has 1 aliphatic rings. The molecule has 1 saturated heterocycles. The van der Waals surface area contributed by atoms with Crippen LogP contribution in [0.3, 0.4) is 0 Å². The number of hydrogen-bond acceptors (Lipinski definition) is 3. The van der Waals surface area contributed by atoms with Crippen molar-refractivity contribution in [3.8, 4) is 0 Å². The molecule has 0 unspecified atom stereocenters. The molecule has 0 spiro atoms. The normalized spacial score (nSPS) is 44.7. The van der Waals surface area contributed by atoms with Crippen LogP contribution in [-0.2, 0) is 9.47 Å². The minimum atomic E-state index is -1.31. The zero-order valence-electron chi connectivity index (χ0n) is 6.66. The van der Waals surface area contributed by atoms with Crippen molar-refractivity contribution in [2.75, 3.05) is 7.11 Å². The summed E-state index contributed by atoms with van der Waals surface area (Å²) in [6.45, 7) is 1.81. The third-order valence-electron chi connectivity index (χ3n) is 1.90. The van der Waals surface area contributed by atoms with Crippen LogP contribution in [0.25, 0.3) is 0 Å². The molecule has 1 heterocycles. The maximum atomic E-state index is 13.0. The van der Waals surface area contributed by atoms with Gasteiger partial charge in [-0.1, -0.05) is 6.92 Å². The van der Waals surface area contributed by atoms with E-state index >= 15 is 0 Å². The number of rotatable bonds is 2. The number of methoxy groups -OCH3 is 1. The van der Waals surface area contributed by atoms with Crippen molar-refractivity contribution in [1.82, 2.24) is 0 Å². The first kappa shape index (κ1) is 8.90. The van der Waals surface area contributed by atoms with Gasteiger partial charge in [-0.05, 0) is 6.42 Å². The van der Waals surface area contributed by atoms with Gasteiger partial charge in [0, 0.05) is 7.11 Å². The molecule has 1 aliphatic heterocycles. The van der Waals surface area contributed by atoms with Gasteiger partial charge in [0.05, 0.1) is 6.10 Å². The minimum absolute atomic E-state index is 0.519. The van der Waals surface area contributed by atoms with Crippen molar-refractivity contribution in [2.45, 2.75) is 38.0 Å². The first-order chi connectivity index (χ1) is 5.20. The lowest BCUT2D eigenvalue weighted by molar-refractivity contribution is -0.148. The molecule has 1 N–H and O–H groups in total. The molecule has 4 atom stereocenters. The Hall–Kier alpha value is -0.190. The van der Waals surface area contributed by atoms with Gasteiger partial charge in [0.25, 0.3) is 0 Å². The molecule has 0 bridgehead atoms. The Morgan fingerprint density at radius 2 is 2.27 bits per heavy atom. The lowest BCUT2D eigenvalue weighted by Gasteiger charge is -2.10. The molecule has 66 valence electrons. The monoisotopic (exact) mass is 164 g/mol. The molecule has 0 aromatic rings. The van der Waals surface area contributed by atoms with Crippen LogP contribution in [0.5, 0.6) is 0 Å². The minimum Gasteiger partial charge on any atom is -0.385 e. The topological polar surface area (TPSA) is 38.7 Å². The number of ether oxygens (including phenoxy) is 2. The number of alkyl halides is 1. The quantitative estimate of drug-likeness (QED) is 0.644. The lowest BCUT2D eigenvalue weighted by atomic mass is 10.1. The van der Waals surface area contributed by atoms with Crippen LogP contribution < -0.4 is 0 Å². The van der Waals surface area contributed by atoms with Crippen molar-refractivity contribution in [1.29, 1.82) is 0 Å². The molecule has 1 fully saturated rings. The smallest absolute Gasteiger partial charge is 0.186 e. The van der Waals surface area contributed by atoms with Crippen molar-refractivity contribution < 1.29 is 19.0 Å². The molecule has 0 radical (unpaired) electrons. The molecule has 0 amide bonds. The average Bonchev–Trinajstić information content (AvgIpc) is 2.30. The Morgan fingerprint density at radius 1 is 1.64 bits per heavy atom. The molecule has 0 aliphatic carbocycles. The van der Waals surface area contributed by atoms with Gasteiger partial charge >= 0.3 is 0 Å². The largest absolute Gasteiger partial charge is 0.385 e. The van der Waals surface area contributed by atoms with E-state index in [4.69, 9.17) is 14.6 Å². The molecular formula is C7H13FO3. The van der Waals surface area contributed by atoms with Crippen LogP contribution in [0, 0.1) is 0 Å².